The number of hydrazine groups is 1. The van der Waals surface area contributed by atoms with Crippen molar-refractivity contribution in [3.63, 3.8) is 0 Å². The van der Waals surface area contributed by atoms with Gasteiger partial charge in [-0.1, -0.05) is 13.8 Å². The Balaban J connectivity index is 2.38. The number of nitrogens with zero attached hydrogens (tertiary/aromatic N) is 3. The summed E-state index contributed by atoms with van der Waals surface area (Å²) >= 11 is 0. The summed E-state index contributed by atoms with van der Waals surface area (Å²) in [5.41, 5.74) is 3.62. The maximum Gasteiger partial charge on any atom is 0.148 e. The average molecular weight is 251 g/mol. The molecule has 18 heavy (non-hydrogen) atoms. The van der Waals surface area contributed by atoms with Crippen LogP contribution < -0.4 is 16.2 Å². The lowest BCUT2D eigenvalue weighted by atomic mass is 10.0. The zero-order valence-electron chi connectivity index (χ0n) is 10.9. The van der Waals surface area contributed by atoms with Crippen molar-refractivity contribution in [2.45, 2.75) is 32.7 Å². The summed E-state index contributed by atoms with van der Waals surface area (Å²) in [4.78, 5) is 10.7. The van der Waals surface area contributed by atoms with Gasteiger partial charge in [0.05, 0.1) is 12.6 Å². The molecular formula is C12H21N5O. The Morgan fingerprint density at radius 3 is 2.94 bits per heavy atom. The monoisotopic (exact) mass is 251 g/mol. The zero-order chi connectivity index (χ0) is 13.1. The Morgan fingerprint density at radius 1 is 1.56 bits per heavy atom. The van der Waals surface area contributed by atoms with Gasteiger partial charge in [-0.3, -0.25) is 0 Å². The van der Waals surface area contributed by atoms with Gasteiger partial charge >= 0.3 is 0 Å². The lowest BCUT2D eigenvalue weighted by Crippen LogP contribution is -2.36. The molecular weight excluding hydrogens is 230 g/mol. The van der Waals surface area contributed by atoms with E-state index in [0.717, 1.165) is 30.8 Å². The summed E-state index contributed by atoms with van der Waals surface area (Å²) in [6.07, 6.45) is 3.39. The number of aliphatic hydroxyl groups excluding tert-OH is 1. The van der Waals surface area contributed by atoms with E-state index in [-0.39, 0.29) is 12.6 Å². The van der Waals surface area contributed by atoms with Gasteiger partial charge < -0.3 is 15.4 Å². The molecule has 1 aromatic heterocycles. The fourth-order valence-electron chi connectivity index (χ4n) is 2.65. The minimum absolute atomic E-state index is 0.135. The third kappa shape index (κ3) is 2.13. The molecule has 1 aromatic rings. The van der Waals surface area contributed by atoms with Crippen LogP contribution in [0.15, 0.2) is 6.33 Å². The molecule has 1 aliphatic heterocycles. The van der Waals surface area contributed by atoms with E-state index in [9.17, 15) is 5.11 Å². The third-order valence-corrected chi connectivity index (χ3v) is 3.75. The highest BCUT2D eigenvalue weighted by molar-refractivity contribution is 5.59. The number of nitrogen functional groups attached to an aromatic ring is 1. The molecule has 6 nitrogen and oxygen atoms in total. The second-order valence-corrected chi connectivity index (χ2v) is 4.73. The highest BCUT2D eigenvalue weighted by atomic mass is 16.3. The first-order valence-corrected chi connectivity index (χ1v) is 6.40. The van der Waals surface area contributed by atoms with E-state index in [1.807, 2.05) is 0 Å². The van der Waals surface area contributed by atoms with Crippen molar-refractivity contribution in [1.29, 1.82) is 0 Å². The standard InChI is InChI=1S/C12H21N5O/c1-3-9-11(16-13)14-7-15-12(9)17-5-4-8(2)10(17)6-18/h7-8,10,18H,3-6,13H2,1-2H3,(H,14,15,16). The first-order valence-electron chi connectivity index (χ1n) is 6.40. The summed E-state index contributed by atoms with van der Waals surface area (Å²) < 4.78 is 0. The van der Waals surface area contributed by atoms with Crippen molar-refractivity contribution in [2.24, 2.45) is 11.8 Å². The van der Waals surface area contributed by atoms with Crippen LogP contribution in [0.25, 0.3) is 0 Å². The van der Waals surface area contributed by atoms with Gasteiger partial charge in [0, 0.05) is 12.1 Å². The smallest absolute Gasteiger partial charge is 0.148 e. The molecule has 1 saturated heterocycles. The largest absolute Gasteiger partial charge is 0.394 e. The van der Waals surface area contributed by atoms with Crippen molar-refractivity contribution < 1.29 is 5.11 Å². The lowest BCUT2D eigenvalue weighted by Gasteiger charge is -2.28. The van der Waals surface area contributed by atoms with Crippen LogP contribution in [0.4, 0.5) is 11.6 Å². The Labute approximate surface area is 107 Å². The summed E-state index contributed by atoms with van der Waals surface area (Å²) in [6.45, 7) is 5.28. The quantitative estimate of drug-likeness (QED) is 0.534. The molecule has 0 aliphatic carbocycles. The van der Waals surface area contributed by atoms with Gasteiger partial charge in [0.1, 0.15) is 18.0 Å². The lowest BCUT2D eigenvalue weighted by molar-refractivity contribution is 0.244. The first-order chi connectivity index (χ1) is 8.72. The molecule has 0 saturated carbocycles. The molecule has 2 heterocycles. The van der Waals surface area contributed by atoms with Crippen LogP contribution in [-0.4, -0.2) is 34.3 Å². The van der Waals surface area contributed by atoms with E-state index >= 15 is 0 Å². The molecule has 0 spiro atoms. The average Bonchev–Trinajstić information content (AvgIpc) is 2.78. The highest BCUT2D eigenvalue weighted by Crippen LogP contribution is 2.32. The number of aromatic nitrogens is 2. The number of nitrogens with two attached hydrogens (primary N) is 1. The Kier molecular flexibility index (Phi) is 3.98. The molecule has 0 amide bonds. The molecule has 0 aromatic carbocycles. The topological polar surface area (TPSA) is 87.3 Å². The van der Waals surface area contributed by atoms with Crippen molar-refractivity contribution in [2.75, 3.05) is 23.5 Å². The fourth-order valence-corrected chi connectivity index (χ4v) is 2.65. The van der Waals surface area contributed by atoms with Crippen LogP contribution >= 0.6 is 0 Å². The van der Waals surface area contributed by atoms with E-state index in [4.69, 9.17) is 5.84 Å². The summed E-state index contributed by atoms with van der Waals surface area (Å²) in [5, 5.41) is 9.53. The summed E-state index contributed by atoms with van der Waals surface area (Å²) in [5.74, 6) is 7.51. The molecule has 2 unspecified atom stereocenters. The number of nitrogens with one attached hydrogen (secondary N) is 1. The SMILES string of the molecule is CCc1c(NN)ncnc1N1CCC(C)C1CO. The normalized spacial score (nSPS) is 23.4. The van der Waals surface area contributed by atoms with Crippen molar-refractivity contribution in [3.8, 4) is 0 Å². The zero-order valence-corrected chi connectivity index (χ0v) is 10.9. The molecule has 100 valence electrons. The molecule has 4 N–H and O–H groups in total. The number of hydrogen-bond donors (Lipinski definition) is 3. The van der Waals surface area contributed by atoms with Crippen LogP contribution in [0.3, 0.4) is 0 Å². The van der Waals surface area contributed by atoms with Gasteiger partial charge in [0.2, 0.25) is 0 Å². The van der Waals surface area contributed by atoms with Gasteiger partial charge in [0.25, 0.3) is 0 Å². The van der Waals surface area contributed by atoms with Crippen molar-refractivity contribution >= 4 is 11.6 Å². The summed E-state index contributed by atoms with van der Waals surface area (Å²) in [6, 6.07) is 0.135. The van der Waals surface area contributed by atoms with Crippen LogP contribution in [0.2, 0.25) is 0 Å². The van der Waals surface area contributed by atoms with Crippen LogP contribution in [0.1, 0.15) is 25.8 Å². The number of aliphatic hydroxyl groups is 1. The van der Waals surface area contributed by atoms with E-state index in [2.05, 4.69) is 34.1 Å². The minimum Gasteiger partial charge on any atom is -0.394 e. The third-order valence-electron chi connectivity index (χ3n) is 3.75. The van der Waals surface area contributed by atoms with Crippen molar-refractivity contribution in [1.82, 2.24) is 9.97 Å². The van der Waals surface area contributed by atoms with Crippen LogP contribution in [-0.2, 0) is 6.42 Å². The molecule has 1 aliphatic rings. The predicted molar refractivity (Wildman–Crippen MR) is 71.2 cm³/mol. The van der Waals surface area contributed by atoms with Gasteiger partial charge in [0.15, 0.2) is 0 Å². The fraction of sp³-hybridized carbons (Fsp3) is 0.667. The van der Waals surface area contributed by atoms with E-state index < -0.39 is 0 Å². The maximum absolute atomic E-state index is 9.53. The maximum atomic E-state index is 9.53. The van der Waals surface area contributed by atoms with Gasteiger partial charge in [-0.15, -0.1) is 0 Å². The van der Waals surface area contributed by atoms with Gasteiger partial charge in [-0.2, -0.15) is 0 Å². The van der Waals surface area contributed by atoms with E-state index in [1.54, 1.807) is 0 Å². The van der Waals surface area contributed by atoms with E-state index in [0.29, 0.717) is 11.7 Å². The van der Waals surface area contributed by atoms with Crippen LogP contribution in [0.5, 0.6) is 0 Å². The highest BCUT2D eigenvalue weighted by Gasteiger charge is 2.32. The van der Waals surface area contributed by atoms with Gasteiger partial charge in [-0.05, 0) is 18.8 Å². The Hall–Kier alpha value is -1.40. The second kappa shape index (κ2) is 5.49. The molecule has 1 fully saturated rings. The van der Waals surface area contributed by atoms with E-state index in [1.165, 1.54) is 6.33 Å². The number of hydrogen-bond acceptors (Lipinski definition) is 6. The summed E-state index contributed by atoms with van der Waals surface area (Å²) in [7, 11) is 0. The van der Waals surface area contributed by atoms with Crippen LogP contribution in [0, 0.1) is 5.92 Å². The molecule has 0 bridgehead atoms. The van der Waals surface area contributed by atoms with Gasteiger partial charge in [-0.25, -0.2) is 15.8 Å². The Bertz CT molecular complexity index is 411. The molecule has 2 atom stereocenters. The minimum atomic E-state index is 0.135. The Morgan fingerprint density at radius 2 is 2.33 bits per heavy atom. The van der Waals surface area contributed by atoms with Crippen molar-refractivity contribution in [3.05, 3.63) is 11.9 Å². The molecule has 6 heteroatoms. The molecule has 0 radical (unpaired) electrons. The number of rotatable bonds is 4. The first kappa shape index (κ1) is 13.0. The predicted octanol–water partition coefficient (Wildman–Crippen LogP) is 0.532. The number of anilines is 2. The molecule has 2 rings (SSSR count). The second-order valence-electron chi connectivity index (χ2n) is 4.73.